The summed E-state index contributed by atoms with van der Waals surface area (Å²) in [5.41, 5.74) is 3.79. The summed E-state index contributed by atoms with van der Waals surface area (Å²) < 4.78 is 18.7. The number of carbonyl (C=O) groups is 1. The van der Waals surface area contributed by atoms with Crippen molar-refractivity contribution in [3.05, 3.63) is 33.8 Å². The molecule has 0 radical (unpaired) electrons. The summed E-state index contributed by atoms with van der Waals surface area (Å²) in [5, 5.41) is 20.1. The van der Waals surface area contributed by atoms with Gasteiger partial charge >= 0.3 is 5.69 Å². The molecule has 1 heterocycles. The number of halogens is 1. The molecule has 2 aromatic rings. The molecular formula is C10H8FN5O4. The van der Waals surface area contributed by atoms with Gasteiger partial charge < -0.3 is 10.5 Å². The third-order valence-electron chi connectivity index (χ3n) is 2.50. The van der Waals surface area contributed by atoms with Crippen LogP contribution in [-0.4, -0.2) is 33.4 Å². The van der Waals surface area contributed by atoms with Gasteiger partial charge in [0.25, 0.3) is 5.91 Å². The number of ether oxygens (including phenoxy) is 1. The van der Waals surface area contributed by atoms with Gasteiger partial charge in [-0.3, -0.25) is 14.9 Å². The summed E-state index contributed by atoms with van der Waals surface area (Å²) in [5.74, 6) is -2.05. The normalized spacial score (nSPS) is 10.3. The van der Waals surface area contributed by atoms with E-state index in [4.69, 9.17) is 10.5 Å². The molecule has 0 fully saturated rings. The summed E-state index contributed by atoms with van der Waals surface area (Å²) >= 11 is 0. The van der Waals surface area contributed by atoms with Gasteiger partial charge in [0.2, 0.25) is 0 Å². The number of nitro groups is 1. The van der Waals surface area contributed by atoms with E-state index in [9.17, 15) is 19.3 Å². The van der Waals surface area contributed by atoms with Gasteiger partial charge in [0.15, 0.2) is 11.4 Å². The Bertz CT molecular complexity index is 699. The van der Waals surface area contributed by atoms with Crippen LogP contribution < -0.4 is 10.5 Å². The van der Waals surface area contributed by atoms with Gasteiger partial charge in [-0.15, -0.1) is 0 Å². The summed E-state index contributed by atoms with van der Waals surface area (Å²) in [6.45, 7) is 0. The molecule has 0 bridgehead atoms. The molecule has 0 saturated heterocycles. The van der Waals surface area contributed by atoms with E-state index in [2.05, 4.69) is 15.4 Å². The first kappa shape index (κ1) is 13.4. The van der Waals surface area contributed by atoms with Crippen LogP contribution in [0.1, 0.15) is 10.5 Å². The zero-order valence-corrected chi connectivity index (χ0v) is 10.1. The fraction of sp³-hybridized carbons (Fsp3) is 0.100. The first-order valence-electron chi connectivity index (χ1n) is 5.18. The third kappa shape index (κ3) is 2.13. The summed E-state index contributed by atoms with van der Waals surface area (Å²) in [7, 11) is 1.17. The van der Waals surface area contributed by atoms with Crippen molar-refractivity contribution in [2.24, 2.45) is 5.73 Å². The SMILES string of the molecule is COc1cc(F)c(-c2n[nH]nc2C(N)=O)cc1[N+](=O)[O-]. The second kappa shape index (κ2) is 4.91. The molecule has 9 nitrogen and oxygen atoms in total. The van der Waals surface area contributed by atoms with Crippen LogP contribution >= 0.6 is 0 Å². The molecule has 1 amide bonds. The Labute approximate surface area is 110 Å². The molecule has 0 aliphatic rings. The number of nitrogens with one attached hydrogen (secondary N) is 1. The summed E-state index contributed by atoms with van der Waals surface area (Å²) in [6, 6.07) is 1.73. The lowest BCUT2D eigenvalue weighted by Crippen LogP contribution is -2.13. The Kier molecular flexibility index (Phi) is 3.29. The topological polar surface area (TPSA) is 137 Å². The Morgan fingerprint density at radius 2 is 2.20 bits per heavy atom. The average molecular weight is 281 g/mol. The highest BCUT2D eigenvalue weighted by Crippen LogP contribution is 2.34. The van der Waals surface area contributed by atoms with E-state index in [1.54, 1.807) is 0 Å². The number of benzene rings is 1. The first-order chi connectivity index (χ1) is 9.45. The number of H-pyrrole nitrogens is 1. The molecule has 0 spiro atoms. The zero-order chi connectivity index (χ0) is 14.9. The number of nitrogens with zero attached hydrogens (tertiary/aromatic N) is 3. The number of methoxy groups -OCH3 is 1. The molecule has 20 heavy (non-hydrogen) atoms. The van der Waals surface area contributed by atoms with Gasteiger partial charge in [0.1, 0.15) is 11.5 Å². The lowest BCUT2D eigenvalue weighted by atomic mass is 10.1. The molecule has 10 heteroatoms. The summed E-state index contributed by atoms with van der Waals surface area (Å²) in [6.07, 6.45) is 0. The molecule has 104 valence electrons. The van der Waals surface area contributed by atoms with E-state index < -0.39 is 22.3 Å². The highest BCUT2D eigenvalue weighted by Gasteiger charge is 2.24. The van der Waals surface area contributed by atoms with Crippen molar-refractivity contribution in [3.63, 3.8) is 0 Å². The minimum absolute atomic E-state index is 0.208. The van der Waals surface area contributed by atoms with Crippen LogP contribution in [0.3, 0.4) is 0 Å². The van der Waals surface area contributed by atoms with Crippen molar-refractivity contribution in [2.75, 3.05) is 7.11 Å². The van der Waals surface area contributed by atoms with Crippen LogP contribution in [0.15, 0.2) is 12.1 Å². The smallest absolute Gasteiger partial charge is 0.311 e. The van der Waals surface area contributed by atoms with Crippen LogP contribution in [0.5, 0.6) is 5.75 Å². The first-order valence-corrected chi connectivity index (χ1v) is 5.18. The van der Waals surface area contributed by atoms with E-state index in [0.29, 0.717) is 0 Å². The Balaban J connectivity index is 2.68. The molecule has 0 aliphatic heterocycles. The fourth-order valence-electron chi connectivity index (χ4n) is 1.62. The highest BCUT2D eigenvalue weighted by atomic mass is 19.1. The Morgan fingerprint density at radius 1 is 1.50 bits per heavy atom. The molecule has 0 saturated carbocycles. The number of rotatable bonds is 4. The maximum Gasteiger partial charge on any atom is 0.311 e. The Hall–Kier alpha value is -3.04. The minimum Gasteiger partial charge on any atom is -0.490 e. The number of hydrogen-bond donors (Lipinski definition) is 2. The van der Waals surface area contributed by atoms with Crippen molar-refractivity contribution in [1.82, 2.24) is 15.4 Å². The van der Waals surface area contributed by atoms with Crippen molar-refractivity contribution in [3.8, 4) is 17.0 Å². The van der Waals surface area contributed by atoms with Crippen LogP contribution in [0.4, 0.5) is 10.1 Å². The van der Waals surface area contributed by atoms with Crippen LogP contribution in [0.2, 0.25) is 0 Å². The number of carbonyl (C=O) groups excluding carboxylic acids is 1. The third-order valence-corrected chi connectivity index (χ3v) is 2.50. The summed E-state index contributed by atoms with van der Waals surface area (Å²) in [4.78, 5) is 21.3. The Morgan fingerprint density at radius 3 is 2.75 bits per heavy atom. The predicted molar refractivity (Wildman–Crippen MR) is 63.5 cm³/mol. The van der Waals surface area contributed by atoms with E-state index in [1.807, 2.05) is 0 Å². The second-order valence-electron chi connectivity index (χ2n) is 3.65. The molecule has 0 aliphatic carbocycles. The van der Waals surface area contributed by atoms with Gasteiger partial charge in [-0.05, 0) is 0 Å². The quantitative estimate of drug-likeness (QED) is 0.622. The van der Waals surface area contributed by atoms with Gasteiger partial charge in [-0.25, -0.2) is 4.39 Å². The van der Waals surface area contributed by atoms with Gasteiger partial charge in [-0.1, -0.05) is 0 Å². The fourth-order valence-corrected chi connectivity index (χ4v) is 1.62. The van der Waals surface area contributed by atoms with Crippen molar-refractivity contribution in [2.45, 2.75) is 0 Å². The maximum absolute atomic E-state index is 14.0. The van der Waals surface area contributed by atoms with Gasteiger partial charge in [-0.2, -0.15) is 15.4 Å². The number of nitrogens with two attached hydrogens (primary N) is 1. The number of nitro benzene ring substituents is 1. The molecule has 2 rings (SSSR count). The van der Waals surface area contributed by atoms with Crippen molar-refractivity contribution < 1.29 is 18.8 Å². The molecule has 3 N–H and O–H groups in total. The standard InChI is InChI=1S/C10H8FN5O4/c1-20-7-3-5(11)4(2-6(7)16(18)19)8-9(10(12)17)14-15-13-8/h2-3H,1H3,(H2,12,17)(H,13,14,15). The lowest BCUT2D eigenvalue weighted by molar-refractivity contribution is -0.385. The monoisotopic (exact) mass is 281 g/mol. The zero-order valence-electron chi connectivity index (χ0n) is 10.1. The molecule has 0 atom stereocenters. The van der Waals surface area contributed by atoms with Crippen molar-refractivity contribution in [1.29, 1.82) is 0 Å². The van der Waals surface area contributed by atoms with E-state index >= 15 is 0 Å². The van der Waals surface area contributed by atoms with Gasteiger partial charge in [0.05, 0.1) is 12.0 Å². The van der Waals surface area contributed by atoms with E-state index in [0.717, 1.165) is 12.1 Å². The number of aromatic nitrogens is 3. The molecular weight excluding hydrogens is 273 g/mol. The van der Waals surface area contributed by atoms with E-state index in [-0.39, 0.29) is 22.7 Å². The average Bonchev–Trinajstić information content (AvgIpc) is 2.87. The number of amides is 1. The highest BCUT2D eigenvalue weighted by molar-refractivity contribution is 5.96. The second-order valence-corrected chi connectivity index (χ2v) is 3.65. The van der Waals surface area contributed by atoms with E-state index in [1.165, 1.54) is 7.11 Å². The maximum atomic E-state index is 14.0. The number of primary amides is 1. The minimum atomic E-state index is -0.938. The van der Waals surface area contributed by atoms with Crippen molar-refractivity contribution >= 4 is 11.6 Å². The van der Waals surface area contributed by atoms with Crippen LogP contribution in [0.25, 0.3) is 11.3 Å². The molecule has 0 unspecified atom stereocenters. The molecule has 1 aromatic carbocycles. The molecule has 1 aromatic heterocycles. The number of aromatic amines is 1. The largest absolute Gasteiger partial charge is 0.490 e. The van der Waals surface area contributed by atoms with Crippen LogP contribution in [0, 0.1) is 15.9 Å². The lowest BCUT2D eigenvalue weighted by Gasteiger charge is -2.05. The van der Waals surface area contributed by atoms with Gasteiger partial charge in [0, 0.05) is 17.7 Å². The number of hydrogen-bond acceptors (Lipinski definition) is 6. The van der Waals surface area contributed by atoms with Crippen LogP contribution in [-0.2, 0) is 0 Å². The predicted octanol–water partition coefficient (Wildman–Crippen LogP) is 0.626.